The zero-order valence-electron chi connectivity index (χ0n) is 70.1. The number of benzene rings is 6. The lowest BCUT2D eigenvalue weighted by atomic mass is 10.1. The molecule has 0 bridgehead atoms. The lowest BCUT2D eigenvalue weighted by Crippen LogP contribution is -2.38. The number of nitrogens with two attached hydrogens (primary N) is 10. The number of nitrogens with one attached hydrogen (secondary N) is 8. The molecule has 700 valence electrons. The number of halogens is 4. The fourth-order valence-electron chi connectivity index (χ4n) is 9.67. The molecule has 11 amide bonds. The molecule has 6 aromatic carbocycles. The molecule has 0 saturated carbocycles. The molecule has 129 heavy (non-hydrogen) atoms. The van der Waals surface area contributed by atoms with E-state index in [0.717, 1.165) is 111 Å². The van der Waals surface area contributed by atoms with Crippen LogP contribution in [0.1, 0.15) is 113 Å². The molecule has 0 radical (unpaired) electrons. The Morgan fingerprint density at radius 3 is 1.09 bits per heavy atom. The molecule has 40 nitrogen and oxygen atoms in total. The van der Waals surface area contributed by atoms with Crippen LogP contribution in [-0.4, -0.2) is 179 Å². The number of unbranched alkanes of at least 4 members (excludes halogenated alkanes) is 4. The lowest BCUT2D eigenvalue weighted by molar-refractivity contribution is -0.126. The second kappa shape index (κ2) is 67.2. The average Bonchev–Trinajstić information content (AvgIpc) is 0.838. The highest BCUT2D eigenvalue weighted by molar-refractivity contribution is 14.0. The number of carbonyl (C=O) groups excluding carboxylic acids is 11. The number of alkyl carbamates (subject to hydrolysis) is 2. The number of aromatic nitrogens is 4. The Labute approximate surface area is 786 Å². The monoisotopic (exact) mass is 2020 g/mol. The molecule has 0 aliphatic rings. The van der Waals surface area contributed by atoms with E-state index in [2.05, 4.69) is 83.8 Å². The van der Waals surface area contributed by atoms with Gasteiger partial charge in [-0.2, -0.15) is 0 Å². The van der Waals surface area contributed by atoms with E-state index >= 15 is 0 Å². The molecular weight excluding hydrogens is 1910 g/mol. The first-order valence-electron chi connectivity index (χ1n) is 39.0. The SMILES string of the molecule is C.CSC(=N)NC(=O)c1nc(Cl)c(N)nc1N.I.NC(=O)CBr.NC(=O)CNC(=O)COc1ccc(CCCCN=C(N)NC(=O)c2nc(Cl)c(N)nc2N)cc1.NC(=O)CNC(=O)COc1ccc(CCCCNC(=O)OCc2ccccc2)cc1.NCCCCc1ccc(OCC(=O)NCC(N)=O)cc1.O=C(NCCCCc1ccc(O)cc1)OCc1ccccc1. The maximum atomic E-state index is 12.2. The molecule has 0 aliphatic carbocycles. The number of phenols is 1. The Morgan fingerprint density at radius 1 is 0.442 bits per heavy atom. The maximum Gasteiger partial charge on any atom is 0.407 e. The van der Waals surface area contributed by atoms with E-state index in [4.69, 9.17) is 104 Å². The van der Waals surface area contributed by atoms with Crippen molar-refractivity contribution in [1.82, 2.24) is 57.2 Å². The van der Waals surface area contributed by atoms with Gasteiger partial charge in [-0.05, 0) is 172 Å². The predicted molar refractivity (Wildman–Crippen MR) is 510 cm³/mol. The van der Waals surface area contributed by atoms with Crippen molar-refractivity contribution in [2.45, 2.75) is 97.7 Å². The van der Waals surface area contributed by atoms with Crippen LogP contribution in [0.25, 0.3) is 0 Å². The van der Waals surface area contributed by atoms with E-state index < -0.39 is 47.4 Å². The van der Waals surface area contributed by atoms with Gasteiger partial charge in [0.1, 0.15) is 36.2 Å². The number of hydrogen-bond acceptors (Lipinski definition) is 29. The molecule has 8 rings (SSSR count). The number of ether oxygens (including phenoxy) is 5. The van der Waals surface area contributed by atoms with Crippen LogP contribution in [0.4, 0.5) is 32.9 Å². The van der Waals surface area contributed by atoms with Crippen molar-refractivity contribution in [2.24, 2.45) is 39.4 Å². The quantitative estimate of drug-likeness (QED) is 0.00658. The van der Waals surface area contributed by atoms with Gasteiger partial charge < -0.3 is 118 Å². The highest BCUT2D eigenvalue weighted by Crippen LogP contribution is 2.21. The number of aliphatic imine (C=N–C) groups is 1. The number of amides is 11. The summed E-state index contributed by atoms with van der Waals surface area (Å²) in [6.45, 7) is 1.66. The number of rotatable bonds is 41. The zero-order valence-corrected chi connectivity index (χ0v) is 76.4. The number of alkyl halides is 1. The van der Waals surface area contributed by atoms with Gasteiger partial charge in [0.2, 0.25) is 23.6 Å². The summed E-state index contributed by atoms with van der Waals surface area (Å²) < 4.78 is 26.3. The summed E-state index contributed by atoms with van der Waals surface area (Å²) in [4.78, 5) is 141. The Bertz CT molecular complexity index is 4810. The third-order valence-corrected chi connectivity index (χ3v) is 17.7. The van der Waals surface area contributed by atoms with Gasteiger partial charge in [-0.15, -0.1) is 24.0 Å². The van der Waals surface area contributed by atoms with E-state index in [0.29, 0.717) is 50.0 Å². The molecule has 0 saturated heterocycles. The number of thioether (sulfide) groups is 1. The van der Waals surface area contributed by atoms with E-state index in [9.17, 15) is 57.8 Å². The number of nitrogen functional groups attached to an aromatic ring is 4. The van der Waals surface area contributed by atoms with Crippen LogP contribution in [0.2, 0.25) is 10.3 Å². The van der Waals surface area contributed by atoms with Crippen LogP contribution in [0.15, 0.2) is 163 Å². The number of amidine groups is 1. The molecule has 45 heteroatoms. The Hall–Kier alpha value is -13.1. The summed E-state index contributed by atoms with van der Waals surface area (Å²) >= 11 is 15.3. The van der Waals surface area contributed by atoms with Gasteiger partial charge in [-0.25, -0.2) is 29.5 Å². The third-order valence-electron chi connectivity index (χ3n) is 16.1. The van der Waals surface area contributed by atoms with Crippen LogP contribution in [0.3, 0.4) is 0 Å². The fraction of sp³-hybridized carbons (Fsp3) is 0.321. The topological polar surface area (TPSA) is 686 Å². The van der Waals surface area contributed by atoms with Crippen LogP contribution in [0.5, 0.6) is 23.0 Å². The summed E-state index contributed by atoms with van der Waals surface area (Å²) in [7, 11) is 0. The second-order valence-electron chi connectivity index (χ2n) is 26.4. The number of nitrogens with zero attached hydrogens (tertiary/aromatic N) is 5. The minimum Gasteiger partial charge on any atom is -0.508 e. The molecule has 8 aromatic rings. The molecule has 0 atom stereocenters. The van der Waals surface area contributed by atoms with Gasteiger partial charge in [0.25, 0.3) is 29.5 Å². The standard InChI is InChI=1S/C22H27N3O5.C20H26ClN9O4.C18H21NO3.C14H21N3O3.C7H9ClN6OS.C2H4BrNO.CH4.HI/c23-20(26)14-25-21(27)16-29-19-11-9-17(10-12-19)6-4-5-13-24-22(28)30-15-18-7-2-1-3-8-18;21-16-18(24)29-17(23)15(28-16)19(33)30-20(25)26-8-2-1-3-11-4-6-12(7-5-11)34-10-14(32)27-9-13(22)31;20-17-11-9-15(10-12-17)6-4-5-13-19-18(21)22-14-16-7-2-1-3-8-16;15-8-2-1-3-11-4-6-12(7-5-11)20-10-14(19)17-9-13(16)18;1-16-7(11)14-6(15)2-4(9)13-5(10)3(8)12-2;3-1-2(4)5;;/h1-3,7-12H,4-6,13-16H2,(H2,23,26)(H,24,28)(H,25,27);4-7H,1-3,8-10H2,(H2,22,31)(H,27,32)(H4,23,24,29)(H3,25,26,30,33);1-3,7-12,20H,4-6,13-14H2,(H,19,21);4-7H,1-3,8-10,15H2,(H2,16,18)(H,17,19);1H3,(H4,9,10,13)(H2,11,14,15);1H2,(H2,4,5);1H4;1H. The molecule has 0 spiro atoms. The molecule has 0 fully saturated rings. The first kappa shape index (κ1) is 114. The van der Waals surface area contributed by atoms with Crippen molar-refractivity contribution in [3.05, 3.63) is 213 Å². The Balaban J connectivity index is 0.000000809. The van der Waals surface area contributed by atoms with Crippen LogP contribution < -0.4 is 109 Å². The van der Waals surface area contributed by atoms with Crippen molar-refractivity contribution < 1.29 is 81.5 Å². The van der Waals surface area contributed by atoms with Gasteiger partial charge in [-0.3, -0.25) is 58.9 Å². The Morgan fingerprint density at radius 2 is 0.767 bits per heavy atom. The minimum absolute atomic E-state index is 0. The van der Waals surface area contributed by atoms with Crippen LogP contribution >= 0.6 is 74.9 Å². The van der Waals surface area contributed by atoms with Crippen molar-refractivity contribution >= 4 is 175 Å². The number of aromatic hydroxyl groups is 1. The van der Waals surface area contributed by atoms with Gasteiger partial charge in [0.15, 0.2) is 75.9 Å². The van der Waals surface area contributed by atoms with Crippen molar-refractivity contribution in [2.75, 3.05) is 100 Å². The fourth-order valence-corrected chi connectivity index (χ4v) is 10.1. The predicted octanol–water partition coefficient (Wildman–Crippen LogP) is 6.29. The first-order valence-corrected chi connectivity index (χ1v) is 42.1. The minimum atomic E-state index is -0.694. The van der Waals surface area contributed by atoms with Gasteiger partial charge >= 0.3 is 12.2 Å². The largest absolute Gasteiger partial charge is 0.508 e. The third kappa shape index (κ3) is 54.5. The summed E-state index contributed by atoms with van der Waals surface area (Å²) in [5.41, 5.74) is 58.7. The molecule has 0 unspecified atom stereocenters. The smallest absolute Gasteiger partial charge is 0.407 e. The highest BCUT2D eigenvalue weighted by Gasteiger charge is 2.19. The van der Waals surface area contributed by atoms with Crippen molar-refractivity contribution in [1.29, 1.82) is 5.41 Å². The summed E-state index contributed by atoms with van der Waals surface area (Å²) in [5.74, 6) is -3.23. The second-order valence-corrected chi connectivity index (χ2v) is 28.5. The number of carbonyl (C=O) groups is 11. The van der Waals surface area contributed by atoms with Crippen molar-refractivity contribution in [3.63, 3.8) is 0 Å². The number of hydrogen-bond donors (Lipinski definition) is 19. The van der Waals surface area contributed by atoms with E-state index in [1.165, 1.54) is 11.1 Å². The molecule has 2 heterocycles. The number of aryl methyl sites for hydroxylation is 4. The number of anilines is 4. The molecule has 29 N–H and O–H groups in total. The van der Waals surface area contributed by atoms with E-state index in [1.54, 1.807) is 42.7 Å². The van der Waals surface area contributed by atoms with Crippen LogP contribution in [-0.2, 0) is 81.9 Å². The Kier molecular flexibility index (Phi) is 59.4. The molecule has 0 aliphatic heterocycles. The first-order chi connectivity index (χ1) is 60.7. The average molecular weight is 2030 g/mol. The highest BCUT2D eigenvalue weighted by atomic mass is 127. The molecule has 2 aromatic heterocycles. The van der Waals surface area contributed by atoms with Crippen LogP contribution in [0, 0.1) is 5.41 Å². The number of guanidine groups is 1. The normalized spacial score (nSPS) is 10.1. The van der Waals surface area contributed by atoms with Crippen molar-refractivity contribution in [3.8, 4) is 23.0 Å². The summed E-state index contributed by atoms with van der Waals surface area (Å²) in [5, 5.41) is 33.6. The zero-order chi connectivity index (χ0) is 93.7. The van der Waals surface area contributed by atoms with E-state index in [-0.39, 0.29) is 163 Å². The molecular formula is C84H113BrCl2IN23O17S. The van der Waals surface area contributed by atoms with E-state index in [1.807, 2.05) is 121 Å². The number of primary amides is 4. The van der Waals surface area contributed by atoms with Gasteiger partial charge in [0.05, 0.1) is 25.0 Å². The van der Waals surface area contributed by atoms with Gasteiger partial charge in [0, 0.05) is 19.6 Å². The number of phenolic OH excluding ortho intramolecular Hbond substituents is 1. The van der Waals surface area contributed by atoms with Gasteiger partial charge in [-0.1, -0.05) is 168 Å². The summed E-state index contributed by atoms with van der Waals surface area (Å²) in [6, 6.07) is 48.6. The lowest BCUT2D eigenvalue weighted by Gasteiger charge is -2.08. The summed E-state index contributed by atoms with van der Waals surface area (Å²) in [6.07, 6.45) is 11.6. The maximum absolute atomic E-state index is 12.2.